The van der Waals surface area contributed by atoms with Gasteiger partial charge in [-0.2, -0.15) is 0 Å². The van der Waals surface area contributed by atoms with Crippen molar-refractivity contribution in [1.82, 2.24) is 20.1 Å². The molecular weight excluding hydrogens is 248 g/mol. The molecule has 19 heavy (non-hydrogen) atoms. The van der Waals surface area contributed by atoms with E-state index in [0.717, 1.165) is 12.4 Å². The SMILES string of the molecule is CCn1cnnc1CNC(C)c1ccc(C(=O)O)o1. The summed E-state index contributed by atoms with van der Waals surface area (Å²) in [6.45, 7) is 5.26. The minimum absolute atomic E-state index is 0.0552. The number of aromatic nitrogens is 3. The van der Waals surface area contributed by atoms with Crippen LogP contribution in [0.1, 0.15) is 42.0 Å². The summed E-state index contributed by atoms with van der Waals surface area (Å²) in [6.07, 6.45) is 1.68. The van der Waals surface area contributed by atoms with Gasteiger partial charge in [-0.3, -0.25) is 0 Å². The van der Waals surface area contributed by atoms with E-state index in [9.17, 15) is 4.79 Å². The number of aromatic carboxylic acids is 1. The van der Waals surface area contributed by atoms with Gasteiger partial charge in [0, 0.05) is 6.54 Å². The van der Waals surface area contributed by atoms with Crippen molar-refractivity contribution >= 4 is 5.97 Å². The van der Waals surface area contributed by atoms with Crippen molar-refractivity contribution in [2.75, 3.05) is 0 Å². The summed E-state index contributed by atoms with van der Waals surface area (Å²) in [4.78, 5) is 10.7. The van der Waals surface area contributed by atoms with Crippen LogP contribution in [0.2, 0.25) is 0 Å². The molecule has 2 aromatic heterocycles. The van der Waals surface area contributed by atoms with E-state index in [-0.39, 0.29) is 11.8 Å². The fourth-order valence-electron chi connectivity index (χ4n) is 1.73. The van der Waals surface area contributed by atoms with Gasteiger partial charge in [-0.15, -0.1) is 10.2 Å². The lowest BCUT2D eigenvalue weighted by molar-refractivity contribution is 0.0659. The van der Waals surface area contributed by atoms with Crippen LogP contribution in [0.15, 0.2) is 22.9 Å². The number of nitrogens with one attached hydrogen (secondary N) is 1. The van der Waals surface area contributed by atoms with E-state index in [2.05, 4.69) is 15.5 Å². The Bertz CT molecular complexity index is 561. The van der Waals surface area contributed by atoms with Crippen LogP contribution in [0.25, 0.3) is 0 Å². The van der Waals surface area contributed by atoms with Gasteiger partial charge < -0.3 is 19.4 Å². The van der Waals surface area contributed by atoms with Crippen LogP contribution < -0.4 is 5.32 Å². The smallest absolute Gasteiger partial charge is 0.371 e. The average molecular weight is 264 g/mol. The largest absolute Gasteiger partial charge is 0.475 e. The van der Waals surface area contributed by atoms with Crippen molar-refractivity contribution < 1.29 is 14.3 Å². The first kappa shape index (κ1) is 13.3. The molecule has 1 atom stereocenters. The molecule has 0 amide bonds. The van der Waals surface area contributed by atoms with Crippen LogP contribution in [0.5, 0.6) is 0 Å². The van der Waals surface area contributed by atoms with Crippen LogP contribution in [0.3, 0.4) is 0 Å². The highest BCUT2D eigenvalue weighted by molar-refractivity contribution is 5.84. The number of carboxylic acids is 1. The van der Waals surface area contributed by atoms with E-state index < -0.39 is 5.97 Å². The highest BCUT2D eigenvalue weighted by Gasteiger charge is 2.14. The Morgan fingerprint density at radius 2 is 2.37 bits per heavy atom. The molecule has 0 bridgehead atoms. The van der Waals surface area contributed by atoms with Crippen molar-refractivity contribution in [3.05, 3.63) is 35.8 Å². The Balaban J connectivity index is 1.97. The van der Waals surface area contributed by atoms with Gasteiger partial charge in [-0.1, -0.05) is 0 Å². The maximum Gasteiger partial charge on any atom is 0.371 e. The zero-order valence-electron chi connectivity index (χ0n) is 10.8. The van der Waals surface area contributed by atoms with Crippen molar-refractivity contribution in [3.8, 4) is 0 Å². The number of aryl methyl sites for hydroxylation is 1. The average Bonchev–Trinajstić information content (AvgIpc) is 3.04. The van der Waals surface area contributed by atoms with Gasteiger partial charge in [0.15, 0.2) is 0 Å². The van der Waals surface area contributed by atoms with Gasteiger partial charge in [0.1, 0.15) is 17.9 Å². The third-order valence-electron chi connectivity index (χ3n) is 2.87. The fraction of sp³-hybridized carbons (Fsp3) is 0.417. The van der Waals surface area contributed by atoms with Gasteiger partial charge in [-0.05, 0) is 26.0 Å². The number of carboxylic acid groups (broad SMARTS) is 1. The summed E-state index contributed by atoms with van der Waals surface area (Å²) in [5, 5.41) is 19.9. The molecule has 0 aliphatic carbocycles. The Morgan fingerprint density at radius 1 is 1.58 bits per heavy atom. The first-order valence-electron chi connectivity index (χ1n) is 6.05. The summed E-state index contributed by atoms with van der Waals surface area (Å²) >= 11 is 0. The van der Waals surface area contributed by atoms with Crippen LogP contribution in [0.4, 0.5) is 0 Å². The number of carbonyl (C=O) groups is 1. The molecule has 0 aliphatic heterocycles. The van der Waals surface area contributed by atoms with E-state index in [0.29, 0.717) is 12.3 Å². The Hall–Kier alpha value is -2.15. The third-order valence-corrected chi connectivity index (χ3v) is 2.87. The number of rotatable bonds is 6. The van der Waals surface area contributed by atoms with E-state index in [1.54, 1.807) is 12.4 Å². The van der Waals surface area contributed by atoms with Crippen LogP contribution in [-0.4, -0.2) is 25.8 Å². The molecule has 2 aromatic rings. The fourth-order valence-corrected chi connectivity index (χ4v) is 1.73. The molecule has 1 unspecified atom stereocenters. The van der Waals surface area contributed by atoms with Gasteiger partial charge in [-0.25, -0.2) is 4.79 Å². The lowest BCUT2D eigenvalue weighted by Gasteiger charge is -2.11. The molecule has 0 radical (unpaired) electrons. The lowest BCUT2D eigenvalue weighted by Crippen LogP contribution is -2.20. The number of hydrogen-bond acceptors (Lipinski definition) is 5. The van der Waals surface area contributed by atoms with Crippen LogP contribution in [0, 0.1) is 0 Å². The summed E-state index contributed by atoms with van der Waals surface area (Å²) < 4.78 is 7.16. The van der Waals surface area contributed by atoms with Gasteiger partial charge >= 0.3 is 5.97 Å². The van der Waals surface area contributed by atoms with Crippen molar-refractivity contribution in [2.24, 2.45) is 0 Å². The first-order chi connectivity index (χ1) is 9.11. The van der Waals surface area contributed by atoms with E-state index in [1.807, 2.05) is 18.4 Å². The number of hydrogen-bond donors (Lipinski definition) is 2. The monoisotopic (exact) mass is 264 g/mol. The molecule has 2 N–H and O–H groups in total. The predicted molar refractivity (Wildman–Crippen MR) is 66.6 cm³/mol. The van der Waals surface area contributed by atoms with Gasteiger partial charge in [0.25, 0.3) is 0 Å². The zero-order chi connectivity index (χ0) is 13.8. The van der Waals surface area contributed by atoms with E-state index in [1.165, 1.54) is 6.07 Å². The topological polar surface area (TPSA) is 93.2 Å². The minimum Gasteiger partial charge on any atom is -0.475 e. The summed E-state index contributed by atoms with van der Waals surface area (Å²) in [6, 6.07) is 3.01. The maximum absolute atomic E-state index is 10.7. The quantitative estimate of drug-likeness (QED) is 0.820. The van der Waals surface area contributed by atoms with Crippen molar-refractivity contribution in [3.63, 3.8) is 0 Å². The second-order valence-electron chi connectivity index (χ2n) is 4.14. The number of nitrogens with zero attached hydrogens (tertiary/aromatic N) is 3. The first-order valence-corrected chi connectivity index (χ1v) is 6.05. The van der Waals surface area contributed by atoms with Gasteiger partial charge in [0.05, 0.1) is 12.6 Å². The zero-order valence-corrected chi connectivity index (χ0v) is 10.8. The molecule has 2 heterocycles. The van der Waals surface area contributed by atoms with E-state index >= 15 is 0 Å². The maximum atomic E-state index is 10.7. The second kappa shape index (κ2) is 5.66. The molecule has 2 rings (SSSR count). The Kier molecular flexibility index (Phi) is 3.96. The van der Waals surface area contributed by atoms with Crippen LogP contribution in [-0.2, 0) is 13.1 Å². The Morgan fingerprint density at radius 3 is 3.00 bits per heavy atom. The predicted octanol–water partition coefficient (Wildman–Crippen LogP) is 1.44. The van der Waals surface area contributed by atoms with Crippen molar-refractivity contribution in [1.29, 1.82) is 0 Å². The summed E-state index contributed by atoms with van der Waals surface area (Å²) in [7, 11) is 0. The molecule has 102 valence electrons. The Labute approximate surface area is 110 Å². The summed E-state index contributed by atoms with van der Waals surface area (Å²) in [5.41, 5.74) is 0. The third kappa shape index (κ3) is 3.00. The molecule has 0 saturated carbocycles. The van der Waals surface area contributed by atoms with Crippen LogP contribution >= 0.6 is 0 Å². The molecule has 0 aromatic carbocycles. The molecule has 0 aliphatic rings. The standard InChI is InChI=1S/C12H16N4O3/c1-3-16-7-14-15-11(16)6-13-8(2)9-4-5-10(19-9)12(17)18/h4-5,7-8,13H,3,6H2,1-2H3,(H,17,18). The molecule has 0 spiro atoms. The van der Waals surface area contributed by atoms with E-state index in [4.69, 9.17) is 9.52 Å². The lowest BCUT2D eigenvalue weighted by atomic mass is 10.2. The minimum atomic E-state index is -1.07. The van der Waals surface area contributed by atoms with Crippen molar-refractivity contribution in [2.45, 2.75) is 33.0 Å². The molecule has 0 fully saturated rings. The summed E-state index contributed by atoms with van der Waals surface area (Å²) in [5.74, 6) is 0.295. The molecular formula is C12H16N4O3. The van der Waals surface area contributed by atoms with Gasteiger partial charge in [0.2, 0.25) is 5.76 Å². The highest BCUT2D eigenvalue weighted by Crippen LogP contribution is 2.16. The highest BCUT2D eigenvalue weighted by atomic mass is 16.4. The molecule has 7 heteroatoms. The molecule has 7 nitrogen and oxygen atoms in total. The number of furan rings is 1. The molecule has 0 saturated heterocycles. The second-order valence-corrected chi connectivity index (χ2v) is 4.14. The normalized spacial score (nSPS) is 12.5.